The first-order chi connectivity index (χ1) is 7.75. The highest BCUT2D eigenvalue weighted by atomic mass is 32.1. The lowest BCUT2D eigenvalue weighted by Gasteiger charge is -2.04. The molecule has 86 valence electrons. The lowest BCUT2D eigenvalue weighted by Crippen LogP contribution is -2.19. The molecule has 0 atom stereocenters. The van der Waals surface area contributed by atoms with Gasteiger partial charge in [0.25, 0.3) is 0 Å². The minimum atomic E-state index is 0.670. The van der Waals surface area contributed by atoms with Gasteiger partial charge in [0.05, 0.1) is 12.0 Å². The fourth-order valence-corrected chi connectivity index (χ4v) is 2.18. The third-order valence-corrected chi connectivity index (χ3v) is 3.05. The molecule has 1 N–H and O–H groups in total. The lowest BCUT2D eigenvalue weighted by atomic mass is 10.2. The van der Waals surface area contributed by atoms with Crippen LogP contribution in [0.3, 0.4) is 0 Å². The molecule has 2 rings (SSSR count). The molecule has 0 saturated carbocycles. The highest BCUT2D eigenvalue weighted by Crippen LogP contribution is 2.23. The highest BCUT2D eigenvalue weighted by molar-refractivity contribution is 7.13. The van der Waals surface area contributed by atoms with Crippen molar-refractivity contribution in [3.63, 3.8) is 0 Å². The van der Waals surface area contributed by atoms with Gasteiger partial charge in [-0.25, -0.2) is 4.98 Å². The number of thiazole rings is 1. The Morgan fingerprint density at radius 3 is 3.06 bits per heavy atom. The first-order valence-corrected chi connectivity index (χ1v) is 6.32. The topological polar surface area (TPSA) is 38.1 Å². The Labute approximate surface area is 99.5 Å². The first-order valence-electron chi connectivity index (χ1n) is 5.44. The van der Waals surface area contributed by atoms with E-state index in [4.69, 9.17) is 4.42 Å². The summed E-state index contributed by atoms with van der Waals surface area (Å²) in [4.78, 5) is 4.51. The molecule has 0 fully saturated rings. The van der Waals surface area contributed by atoms with Gasteiger partial charge in [0, 0.05) is 11.9 Å². The SMILES string of the molecule is CC(C)CNCc1csc(-c2ccco2)n1. The smallest absolute Gasteiger partial charge is 0.162 e. The zero-order valence-electron chi connectivity index (χ0n) is 9.56. The van der Waals surface area contributed by atoms with Crippen molar-refractivity contribution in [3.05, 3.63) is 29.5 Å². The van der Waals surface area contributed by atoms with Crippen LogP contribution in [0.1, 0.15) is 19.5 Å². The summed E-state index contributed by atoms with van der Waals surface area (Å²) in [6, 6.07) is 3.82. The van der Waals surface area contributed by atoms with E-state index in [0.29, 0.717) is 5.92 Å². The van der Waals surface area contributed by atoms with E-state index in [1.807, 2.05) is 12.1 Å². The van der Waals surface area contributed by atoms with Crippen LogP contribution in [0.4, 0.5) is 0 Å². The van der Waals surface area contributed by atoms with E-state index >= 15 is 0 Å². The summed E-state index contributed by atoms with van der Waals surface area (Å²) in [5, 5.41) is 6.40. The van der Waals surface area contributed by atoms with Gasteiger partial charge in [0.15, 0.2) is 10.8 Å². The van der Waals surface area contributed by atoms with Crippen molar-refractivity contribution < 1.29 is 4.42 Å². The van der Waals surface area contributed by atoms with E-state index in [9.17, 15) is 0 Å². The number of nitrogens with one attached hydrogen (secondary N) is 1. The molecular weight excluding hydrogens is 220 g/mol. The van der Waals surface area contributed by atoms with E-state index in [1.165, 1.54) is 0 Å². The molecule has 0 aliphatic rings. The number of hydrogen-bond donors (Lipinski definition) is 1. The van der Waals surface area contributed by atoms with Crippen molar-refractivity contribution in [2.75, 3.05) is 6.54 Å². The summed E-state index contributed by atoms with van der Waals surface area (Å²) >= 11 is 1.62. The molecule has 0 amide bonds. The van der Waals surface area contributed by atoms with Gasteiger partial charge in [0.2, 0.25) is 0 Å². The summed E-state index contributed by atoms with van der Waals surface area (Å²) in [6.07, 6.45) is 1.67. The van der Waals surface area contributed by atoms with Crippen LogP contribution in [0, 0.1) is 5.92 Å². The van der Waals surface area contributed by atoms with Crippen LogP contribution in [-0.2, 0) is 6.54 Å². The average Bonchev–Trinajstić information content (AvgIpc) is 2.85. The van der Waals surface area contributed by atoms with Gasteiger partial charge < -0.3 is 9.73 Å². The maximum absolute atomic E-state index is 5.30. The molecule has 0 aliphatic heterocycles. The number of aromatic nitrogens is 1. The van der Waals surface area contributed by atoms with E-state index < -0.39 is 0 Å². The summed E-state index contributed by atoms with van der Waals surface area (Å²) in [5.41, 5.74) is 1.08. The Morgan fingerprint density at radius 2 is 2.38 bits per heavy atom. The van der Waals surface area contributed by atoms with Crippen molar-refractivity contribution in [1.82, 2.24) is 10.3 Å². The van der Waals surface area contributed by atoms with Crippen molar-refractivity contribution in [1.29, 1.82) is 0 Å². The molecule has 4 heteroatoms. The Kier molecular flexibility index (Phi) is 3.74. The molecule has 0 aromatic carbocycles. The third kappa shape index (κ3) is 2.93. The molecule has 3 nitrogen and oxygen atoms in total. The molecule has 2 aromatic heterocycles. The van der Waals surface area contributed by atoms with Crippen molar-refractivity contribution in [3.8, 4) is 10.8 Å². The fraction of sp³-hybridized carbons (Fsp3) is 0.417. The molecule has 16 heavy (non-hydrogen) atoms. The summed E-state index contributed by atoms with van der Waals surface area (Å²) in [7, 11) is 0. The third-order valence-electron chi connectivity index (χ3n) is 2.14. The van der Waals surface area contributed by atoms with E-state index in [0.717, 1.165) is 29.6 Å². The Balaban J connectivity index is 1.93. The molecule has 2 heterocycles. The Hall–Kier alpha value is -1.13. The summed E-state index contributed by atoms with van der Waals surface area (Å²) in [6.45, 7) is 6.24. The average molecular weight is 236 g/mol. The van der Waals surface area contributed by atoms with Gasteiger partial charge in [-0.15, -0.1) is 11.3 Å². The first kappa shape index (κ1) is 11.4. The second kappa shape index (κ2) is 5.27. The van der Waals surface area contributed by atoms with Crippen LogP contribution in [0.5, 0.6) is 0 Å². The van der Waals surface area contributed by atoms with E-state index in [-0.39, 0.29) is 0 Å². The molecule has 2 aromatic rings. The standard InChI is InChI=1S/C12H16N2OS/c1-9(2)6-13-7-10-8-16-12(14-10)11-4-3-5-15-11/h3-5,8-9,13H,6-7H2,1-2H3. The molecule has 0 aliphatic carbocycles. The quantitative estimate of drug-likeness (QED) is 0.866. The predicted molar refractivity (Wildman–Crippen MR) is 66.4 cm³/mol. The molecule has 0 saturated heterocycles. The van der Waals surface area contributed by atoms with Crippen LogP contribution >= 0.6 is 11.3 Å². The zero-order chi connectivity index (χ0) is 11.4. The monoisotopic (exact) mass is 236 g/mol. The van der Waals surface area contributed by atoms with Crippen LogP contribution in [0.15, 0.2) is 28.2 Å². The molecule has 0 radical (unpaired) electrons. The van der Waals surface area contributed by atoms with Gasteiger partial charge in [-0.1, -0.05) is 13.8 Å². The van der Waals surface area contributed by atoms with Crippen molar-refractivity contribution in [2.24, 2.45) is 5.92 Å². The van der Waals surface area contributed by atoms with Crippen LogP contribution < -0.4 is 5.32 Å². The van der Waals surface area contributed by atoms with Gasteiger partial charge in [0.1, 0.15) is 0 Å². The van der Waals surface area contributed by atoms with Crippen LogP contribution in [-0.4, -0.2) is 11.5 Å². The van der Waals surface area contributed by atoms with Gasteiger partial charge >= 0.3 is 0 Å². The number of rotatable bonds is 5. The van der Waals surface area contributed by atoms with Gasteiger partial charge in [-0.3, -0.25) is 0 Å². The minimum absolute atomic E-state index is 0.670. The summed E-state index contributed by atoms with van der Waals surface area (Å²) in [5.74, 6) is 1.52. The normalized spacial score (nSPS) is 11.2. The van der Waals surface area contributed by atoms with Crippen LogP contribution in [0.2, 0.25) is 0 Å². The molecule has 0 unspecified atom stereocenters. The lowest BCUT2D eigenvalue weighted by molar-refractivity contribution is 0.548. The Morgan fingerprint density at radius 1 is 1.50 bits per heavy atom. The van der Waals surface area contributed by atoms with Crippen molar-refractivity contribution >= 4 is 11.3 Å². The summed E-state index contributed by atoms with van der Waals surface area (Å²) < 4.78 is 5.30. The van der Waals surface area contributed by atoms with Crippen molar-refractivity contribution in [2.45, 2.75) is 20.4 Å². The second-order valence-corrected chi connectivity index (χ2v) is 5.00. The largest absolute Gasteiger partial charge is 0.462 e. The molecule has 0 bridgehead atoms. The number of furan rings is 1. The second-order valence-electron chi connectivity index (χ2n) is 4.15. The van der Waals surface area contributed by atoms with Gasteiger partial charge in [-0.05, 0) is 24.6 Å². The van der Waals surface area contributed by atoms with E-state index in [2.05, 4.69) is 29.5 Å². The van der Waals surface area contributed by atoms with E-state index in [1.54, 1.807) is 17.6 Å². The number of hydrogen-bond acceptors (Lipinski definition) is 4. The van der Waals surface area contributed by atoms with Crippen LogP contribution in [0.25, 0.3) is 10.8 Å². The maximum atomic E-state index is 5.30. The zero-order valence-corrected chi connectivity index (χ0v) is 10.4. The molecule has 0 spiro atoms. The van der Waals surface area contributed by atoms with Gasteiger partial charge in [-0.2, -0.15) is 0 Å². The minimum Gasteiger partial charge on any atom is -0.462 e. The highest BCUT2D eigenvalue weighted by Gasteiger charge is 2.06. The maximum Gasteiger partial charge on any atom is 0.162 e. The molecular formula is C12H16N2OS. The predicted octanol–water partition coefficient (Wildman–Crippen LogP) is 3.15. The fourth-order valence-electron chi connectivity index (χ4n) is 1.39. The Bertz CT molecular complexity index is 420. The number of nitrogens with zero attached hydrogens (tertiary/aromatic N) is 1.